The molecule has 3 nitrogen and oxygen atoms in total. The largest absolute Gasteiger partial charge is 0.420 e. The van der Waals surface area contributed by atoms with Crippen LogP contribution in [0, 0.1) is 0 Å². The van der Waals surface area contributed by atoms with E-state index < -0.39 is 11.7 Å². The van der Waals surface area contributed by atoms with Gasteiger partial charge >= 0.3 is 6.18 Å². The first kappa shape index (κ1) is 14.6. The Bertz CT molecular complexity index is 508. The van der Waals surface area contributed by atoms with Crippen molar-refractivity contribution in [3.8, 4) is 0 Å². The zero-order valence-electron chi connectivity index (χ0n) is 10.7. The van der Waals surface area contributed by atoms with Crippen molar-refractivity contribution in [1.29, 1.82) is 0 Å². The topological polar surface area (TPSA) is 44.6 Å². The fraction of sp³-hybridized carbons (Fsp3) is 0.357. The highest BCUT2D eigenvalue weighted by Crippen LogP contribution is 2.41. The molecule has 1 aliphatic rings. The Hall–Kier alpha value is -1.82. The summed E-state index contributed by atoms with van der Waals surface area (Å²) in [4.78, 5) is 0. The van der Waals surface area contributed by atoms with Crippen molar-refractivity contribution >= 4 is 6.21 Å². The van der Waals surface area contributed by atoms with Crippen LogP contribution in [0.5, 0.6) is 0 Å². The molecule has 1 heterocycles. The van der Waals surface area contributed by atoms with Gasteiger partial charge in [-0.25, -0.2) is 0 Å². The summed E-state index contributed by atoms with van der Waals surface area (Å²) in [6.45, 7) is 0.0627. The van der Waals surface area contributed by atoms with E-state index in [4.69, 9.17) is 5.11 Å². The summed E-state index contributed by atoms with van der Waals surface area (Å²) in [6, 6.07) is 6.18. The van der Waals surface area contributed by atoms with Gasteiger partial charge in [-0.1, -0.05) is 24.3 Å². The molecule has 0 amide bonds. The fourth-order valence-electron chi connectivity index (χ4n) is 2.11. The predicted molar refractivity (Wildman–Crippen MR) is 70.3 cm³/mol. The van der Waals surface area contributed by atoms with Crippen LogP contribution in [0.3, 0.4) is 0 Å². The number of aliphatic hydroxyl groups is 1. The molecular formula is C14H15F3N2O. The van der Waals surface area contributed by atoms with Crippen molar-refractivity contribution in [1.82, 2.24) is 5.43 Å². The molecule has 0 aliphatic carbocycles. The second-order valence-corrected chi connectivity index (χ2v) is 4.58. The lowest BCUT2D eigenvalue weighted by atomic mass is 9.88. The number of nitrogens with zero attached hydrogens (tertiary/aromatic N) is 1. The zero-order chi connectivity index (χ0) is 14.6. The highest BCUT2D eigenvalue weighted by atomic mass is 19.4. The van der Waals surface area contributed by atoms with E-state index in [1.54, 1.807) is 12.1 Å². The summed E-state index contributed by atoms with van der Waals surface area (Å²) in [5.74, 6) is 0. The maximum absolute atomic E-state index is 13.4. The molecule has 2 N–H and O–H groups in total. The van der Waals surface area contributed by atoms with Crippen molar-refractivity contribution < 1.29 is 18.3 Å². The lowest BCUT2D eigenvalue weighted by molar-refractivity contribution is -0.185. The molecule has 0 spiro atoms. The van der Waals surface area contributed by atoms with Crippen molar-refractivity contribution in [2.75, 3.05) is 6.61 Å². The molecule has 108 valence electrons. The molecule has 0 bridgehead atoms. The molecule has 1 unspecified atom stereocenters. The van der Waals surface area contributed by atoms with Crippen LogP contribution in [-0.4, -0.2) is 24.1 Å². The van der Waals surface area contributed by atoms with Crippen LogP contribution in [0.1, 0.15) is 17.5 Å². The molecule has 6 heteroatoms. The normalized spacial score (nSPS) is 21.8. The average Bonchev–Trinajstić information content (AvgIpc) is 2.45. The van der Waals surface area contributed by atoms with Crippen LogP contribution in [0.15, 0.2) is 41.5 Å². The first-order valence-electron chi connectivity index (χ1n) is 6.25. The summed E-state index contributed by atoms with van der Waals surface area (Å²) in [7, 11) is 0. The smallest absolute Gasteiger partial charge is 0.396 e. The number of rotatable bonds is 4. The van der Waals surface area contributed by atoms with Gasteiger partial charge in [0.1, 0.15) is 0 Å². The number of hydrogen-bond acceptors (Lipinski definition) is 3. The molecule has 0 fully saturated rings. The summed E-state index contributed by atoms with van der Waals surface area (Å²) >= 11 is 0. The maximum Gasteiger partial charge on any atom is 0.420 e. The van der Waals surface area contributed by atoms with E-state index >= 15 is 0 Å². The van der Waals surface area contributed by atoms with Gasteiger partial charge in [0.2, 0.25) is 0 Å². The van der Waals surface area contributed by atoms with Gasteiger partial charge in [-0.15, -0.1) is 0 Å². The van der Waals surface area contributed by atoms with Gasteiger partial charge in [0.05, 0.1) is 0 Å². The third kappa shape index (κ3) is 2.70. The van der Waals surface area contributed by atoms with E-state index in [1.165, 1.54) is 24.4 Å². The van der Waals surface area contributed by atoms with E-state index in [9.17, 15) is 13.2 Å². The van der Waals surface area contributed by atoms with Crippen LogP contribution in [0.4, 0.5) is 13.2 Å². The van der Waals surface area contributed by atoms with Crippen molar-refractivity contribution in [3.63, 3.8) is 0 Å². The number of aryl methyl sites for hydroxylation is 1. The molecule has 0 radical (unpaired) electrons. The third-order valence-electron chi connectivity index (χ3n) is 3.23. The molecule has 1 aliphatic heterocycles. The number of hydrazone groups is 1. The number of allylic oxidation sites excluding steroid dienone is 1. The SMILES string of the molecule is OCCCc1ccc(C2(C(F)(F)F)C=CC=NN2)cc1. The Balaban J connectivity index is 2.31. The van der Waals surface area contributed by atoms with Crippen LogP contribution in [-0.2, 0) is 12.0 Å². The molecule has 0 aromatic heterocycles. The lowest BCUT2D eigenvalue weighted by Gasteiger charge is -2.34. The molecular weight excluding hydrogens is 269 g/mol. The number of alkyl halides is 3. The fourth-order valence-corrected chi connectivity index (χ4v) is 2.11. The van der Waals surface area contributed by atoms with Crippen LogP contribution in [0.2, 0.25) is 0 Å². The van der Waals surface area contributed by atoms with E-state index in [2.05, 4.69) is 10.5 Å². The first-order chi connectivity index (χ1) is 9.49. The molecule has 0 saturated carbocycles. The van der Waals surface area contributed by atoms with Gasteiger partial charge in [0.25, 0.3) is 0 Å². The second-order valence-electron chi connectivity index (χ2n) is 4.58. The van der Waals surface area contributed by atoms with Gasteiger partial charge in [-0.3, -0.25) is 5.43 Å². The monoisotopic (exact) mass is 284 g/mol. The number of hydrogen-bond donors (Lipinski definition) is 2. The average molecular weight is 284 g/mol. The summed E-state index contributed by atoms with van der Waals surface area (Å²) in [6.07, 6.45) is 0.350. The summed E-state index contributed by atoms with van der Waals surface area (Å²) in [5.41, 5.74) is 0.869. The Morgan fingerprint density at radius 1 is 1.20 bits per heavy atom. The van der Waals surface area contributed by atoms with Crippen molar-refractivity contribution in [2.45, 2.75) is 24.6 Å². The Morgan fingerprint density at radius 3 is 2.40 bits per heavy atom. The summed E-state index contributed by atoms with van der Waals surface area (Å²) < 4.78 is 40.1. The highest BCUT2D eigenvalue weighted by molar-refractivity contribution is 5.72. The molecule has 1 aromatic rings. The van der Waals surface area contributed by atoms with Gasteiger partial charge in [-0.05, 0) is 36.1 Å². The molecule has 20 heavy (non-hydrogen) atoms. The number of aliphatic hydroxyl groups excluding tert-OH is 1. The second kappa shape index (κ2) is 5.66. The van der Waals surface area contributed by atoms with Crippen LogP contribution in [0.25, 0.3) is 0 Å². The minimum Gasteiger partial charge on any atom is -0.396 e. The molecule has 1 aromatic carbocycles. The van der Waals surface area contributed by atoms with E-state index in [1.807, 2.05) is 0 Å². The standard InChI is InChI=1S/C14H15F3N2O/c15-14(16,17)13(8-2-9-18-19-13)12-6-4-11(5-7-12)3-1-10-20/h2,4-9,19-20H,1,3,10H2. The van der Waals surface area contributed by atoms with E-state index in [0.717, 1.165) is 11.6 Å². The highest BCUT2D eigenvalue weighted by Gasteiger charge is 2.55. The maximum atomic E-state index is 13.4. The van der Waals surface area contributed by atoms with Crippen LogP contribution < -0.4 is 5.43 Å². The molecule has 0 saturated heterocycles. The minimum atomic E-state index is -4.49. The van der Waals surface area contributed by atoms with Crippen molar-refractivity contribution in [3.05, 3.63) is 47.5 Å². The van der Waals surface area contributed by atoms with Gasteiger partial charge in [0.15, 0.2) is 5.54 Å². The Morgan fingerprint density at radius 2 is 1.90 bits per heavy atom. The zero-order valence-corrected chi connectivity index (χ0v) is 10.7. The minimum absolute atomic E-state index is 0.0627. The number of benzene rings is 1. The van der Waals surface area contributed by atoms with Gasteiger partial charge < -0.3 is 5.11 Å². The Labute approximate surface area is 114 Å². The third-order valence-corrected chi connectivity index (χ3v) is 3.23. The first-order valence-corrected chi connectivity index (χ1v) is 6.25. The number of halogens is 3. The quantitative estimate of drug-likeness (QED) is 0.892. The van der Waals surface area contributed by atoms with Crippen molar-refractivity contribution in [2.24, 2.45) is 5.10 Å². The van der Waals surface area contributed by atoms with Gasteiger partial charge in [0, 0.05) is 12.8 Å². The summed E-state index contributed by atoms with van der Waals surface area (Å²) in [5, 5.41) is 12.3. The Kier molecular flexibility index (Phi) is 4.13. The molecule has 2 rings (SSSR count). The molecule has 1 atom stereocenters. The van der Waals surface area contributed by atoms with E-state index in [0.29, 0.717) is 12.8 Å². The van der Waals surface area contributed by atoms with Gasteiger partial charge in [-0.2, -0.15) is 18.3 Å². The van der Waals surface area contributed by atoms with E-state index in [-0.39, 0.29) is 12.2 Å². The number of nitrogens with one attached hydrogen (secondary N) is 1. The predicted octanol–water partition coefficient (Wildman–Crippen LogP) is 2.51. The van der Waals surface area contributed by atoms with Crippen LogP contribution >= 0.6 is 0 Å². The lowest BCUT2D eigenvalue weighted by Crippen LogP contribution is -2.51.